The molecule has 4 nitrogen and oxygen atoms in total. The van der Waals surface area contributed by atoms with Crippen LogP contribution in [0.1, 0.15) is 0 Å². The van der Waals surface area contributed by atoms with Gasteiger partial charge in [0.25, 0.3) is 0 Å². The maximum atomic E-state index is 3.91. The quantitative estimate of drug-likeness (QED) is 0.453. The van der Waals surface area contributed by atoms with E-state index in [0.29, 0.717) is 5.65 Å². The van der Waals surface area contributed by atoms with Crippen LogP contribution >= 0.6 is 0 Å². The molecule has 0 unspecified atom stereocenters. The Balaban J connectivity index is 0.000000500. The number of nitrogens with one attached hydrogen (secondary N) is 1. The van der Waals surface area contributed by atoms with E-state index >= 15 is 0 Å². The molecule has 2 heterocycles. The number of H-pyrrole nitrogens is 1. The number of aromatic nitrogens is 4. The molecule has 52 valence electrons. The third-order valence-electron chi connectivity index (χ3n) is 1.10. The molecule has 0 saturated carbocycles. The van der Waals surface area contributed by atoms with Crippen LogP contribution in [0.2, 0.25) is 0 Å². The number of imidazole rings is 1. The standard InChI is InChI=1S/C5H4N4.ClH/c1-4-5(8-2-6-1)9-3-7-4;/h1-3H,(H,6,7,8,9);1H/p-1. The van der Waals surface area contributed by atoms with Crippen molar-refractivity contribution in [2.45, 2.75) is 0 Å². The second kappa shape index (κ2) is 2.62. The predicted molar refractivity (Wildman–Crippen MR) is 31.7 cm³/mol. The first-order chi connectivity index (χ1) is 4.47. The first-order valence-electron chi connectivity index (χ1n) is 2.56. The van der Waals surface area contributed by atoms with Crippen LogP contribution in [0.3, 0.4) is 0 Å². The van der Waals surface area contributed by atoms with E-state index in [2.05, 4.69) is 19.9 Å². The normalized spacial score (nSPS) is 9.20. The van der Waals surface area contributed by atoms with Gasteiger partial charge in [-0.05, 0) is 0 Å². The molecule has 0 aliphatic heterocycles. The summed E-state index contributed by atoms with van der Waals surface area (Å²) in [7, 11) is 0. The summed E-state index contributed by atoms with van der Waals surface area (Å²) in [5.41, 5.74) is 1.59. The fourth-order valence-electron chi connectivity index (χ4n) is 0.691. The maximum absolute atomic E-state index is 3.91. The van der Waals surface area contributed by atoms with Crippen LogP contribution in [0.25, 0.3) is 11.2 Å². The number of hydrogen-bond donors (Lipinski definition) is 1. The van der Waals surface area contributed by atoms with Gasteiger partial charge in [-0.25, -0.2) is 15.0 Å². The van der Waals surface area contributed by atoms with Gasteiger partial charge in [-0.15, -0.1) is 0 Å². The minimum atomic E-state index is 0. The van der Waals surface area contributed by atoms with Crippen molar-refractivity contribution in [2.75, 3.05) is 0 Å². The van der Waals surface area contributed by atoms with Gasteiger partial charge in [-0.2, -0.15) is 0 Å². The Bertz CT molecular complexity index is 288. The zero-order valence-electron chi connectivity index (χ0n) is 4.95. The smallest absolute Gasteiger partial charge is 0.180 e. The molecule has 0 saturated heterocycles. The zero-order chi connectivity index (χ0) is 6.10. The first-order valence-corrected chi connectivity index (χ1v) is 2.56. The third-order valence-corrected chi connectivity index (χ3v) is 1.10. The Morgan fingerprint density at radius 3 is 3.00 bits per heavy atom. The van der Waals surface area contributed by atoms with Crippen LogP contribution < -0.4 is 12.4 Å². The lowest BCUT2D eigenvalue weighted by molar-refractivity contribution is -0.00000208. The molecule has 0 aliphatic rings. The molecule has 2 aromatic heterocycles. The molecular weight excluding hydrogens is 152 g/mol. The Hall–Kier alpha value is -1.16. The van der Waals surface area contributed by atoms with Crippen molar-refractivity contribution >= 4 is 11.2 Å². The summed E-state index contributed by atoms with van der Waals surface area (Å²) >= 11 is 0. The predicted octanol–water partition coefficient (Wildman–Crippen LogP) is -2.64. The van der Waals surface area contributed by atoms with Crippen LogP contribution in [-0.2, 0) is 0 Å². The third kappa shape index (κ3) is 0.930. The van der Waals surface area contributed by atoms with Crippen LogP contribution in [0.15, 0.2) is 18.9 Å². The molecule has 0 atom stereocenters. The molecule has 0 fully saturated rings. The van der Waals surface area contributed by atoms with Gasteiger partial charge in [0.2, 0.25) is 0 Å². The second-order valence-electron chi connectivity index (χ2n) is 1.66. The van der Waals surface area contributed by atoms with E-state index in [-0.39, 0.29) is 12.4 Å². The van der Waals surface area contributed by atoms with Crippen molar-refractivity contribution in [3.05, 3.63) is 18.9 Å². The van der Waals surface area contributed by atoms with Gasteiger partial charge in [-0.1, -0.05) is 0 Å². The van der Waals surface area contributed by atoms with Crippen molar-refractivity contribution in [3.8, 4) is 0 Å². The fourth-order valence-corrected chi connectivity index (χ4v) is 0.691. The largest absolute Gasteiger partial charge is 1.00 e. The molecule has 2 aromatic rings. The zero-order valence-corrected chi connectivity index (χ0v) is 5.71. The van der Waals surface area contributed by atoms with Crippen molar-refractivity contribution in [3.63, 3.8) is 0 Å². The van der Waals surface area contributed by atoms with Crippen LogP contribution in [0.5, 0.6) is 0 Å². The number of aromatic amines is 1. The summed E-state index contributed by atoms with van der Waals surface area (Å²) < 4.78 is 0. The molecule has 0 bridgehead atoms. The lowest BCUT2D eigenvalue weighted by atomic mass is 10.6. The highest BCUT2D eigenvalue weighted by molar-refractivity contribution is 5.67. The van der Waals surface area contributed by atoms with Gasteiger partial charge in [0.1, 0.15) is 11.8 Å². The highest BCUT2D eigenvalue weighted by atomic mass is 35.5. The molecule has 0 radical (unpaired) electrons. The molecule has 0 aromatic carbocycles. The van der Waals surface area contributed by atoms with Gasteiger partial charge in [0.05, 0.1) is 12.5 Å². The first kappa shape index (κ1) is 6.95. The fraction of sp³-hybridized carbons (Fsp3) is 0. The molecule has 2 rings (SSSR count). The highest BCUT2D eigenvalue weighted by Gasteiger charge is 1.91. The number of halogens is 1. The van der Waals surface area contributed by atoms with E-state index in [0.717, 1.165) is 5.52 Å². The number of hydrogen-bond acceptors (Lipinski definition) is 3. The van der Waals surface area contributed by atoms with Crippen molar-refractivity contribution < 1.29 is 12.4 Å². The van der Waals surface area contributed by atoms with Gasteiger partial charge >= 0.3 is 0 Å². The molecule has 5 heteroatoms. The molecular formula is C5H4ClN4-. The lowest BCUT2D eigenvalue weighted by Gasteiger charge is -1.80. The summed E-state index contributed by atoms with van der Waals surface area (Å²) in [6, 6.07) is 0. The Morgan fingerprint density at radius 1 is 1.30 bits per heavy atom. The van der Waals surface area contributed by atoms with E-state index < -0.39 is 0 Å². The van der Waals surface area contributed by atoms with Gasteiger partial charge in [0.15, 0.2) is 5.65 Å². The molecule has 1 N–H and O–H groups in total. The van der Waals surface area contributed by atoms with E-state index in [4.69, 9.17) is 0 Å². The minimum absolute atomic E-state index is 0. The lowest BCUT2D eigenvalue weighted by Crippen LogP contribution is -3.00. The van der Waals surface area contributed by atoms with Crippen molar-refractivity contribution in [1.29, 1.82) is 0 Å². The van der Waals surface area contributed by atoms with E-state index in [1.807, 2.05) is 0 Å². The Morgan fingerprint density at radius 2 is 2.20 bits per heavy atom. The summed E-state index contributed by atoms with van der Waals surface area (Å²) in [5, 5.41) is 0. The van der Waals surface area contributed by atoms with Crippen molar-refractivity contribution in [1.82, 2.24) is 19.9 Å². The summed E-state index contributed by atoms with van der Waals surface area (Å²) in [4.78, 5) is 14.5. The number of nitrogens with zero attached hydrogens (tertiary/aromatic N) is 3. The molecule has 0 spiro atoms. The van der Waals surface area contributed by atoms with Crippen molar-refractivity contribution in [2.24, 2.45) is 0 Å². The Kier molecular flexibility index (Phi) is 1.82. The number of fused-ring (bicyclic) bond motifs is 1. The van der Waals surface area contributed by atoms with E-state index in [1.54, 1.807) is 12.5 Å². The molecule has 0 amide bonds. The van der Waals surface area contributed by atoms with Gasteiger partial charge in [0, 0.05) is 0 Å². The highest BCUT2D eigenvalue weighted by Crippen LogP contribution is 1.99. The maximum Gasteiger partial charge on any atom is 0.180 e. The molecule has 0 aliphatic carbocycles. The monoisotopic (exact) mass is 155 g/mol. The second-order valence-corrected chi connectivity index (χ2v) is 1.66. The van der Waals surface area contributed by atoms with Gasteiger partial charge in [-0.3, -0.25) is 0 Å². The summed E-state index contributed by atoms with van der Waals surface area (Å²) in [6.45, 7) is 0. The van der Waals surface area contributed by atoms with Crippen LogP contribution in [-0.4, -0.2) is 19.9 Å². The number of rotatable bonds is 0. The van der Waals surface area contributed by atoms with Gasteiger partial charge < -0.3 is 17.4 Å². The average molecular weight is 156 g/mol. The SMILES string of the molecule is [Cl-].c1ncc2[nH]cnc2n1. The van der Waals surface area contributed by atoms with E-state index in [1.165, 1.54) is 6.33 Å². The average Bonchev–Trinajstić information content (AvgIpc) is 2.33. The molecule has 10 heavy (non-hydrogen) atoms. The van der Waals surface area contributed by atoms with Crippen LogP contribution in [0, 0.1) is 0 Å². The summed E-state index contributed by atoms with van der Waals surface area (Å²) in [6.07, 6.45) is 4.76. The van der Waals surface area contributed by atoms with E-state index in [9.17, 15) is 0 Å². The van der Waals surface area contributed by atoms with Crippen LogP contribution in [0.4, 0.5) is 0 Å². The topological polar surface area (TPSA) is 54.5 Å². The summed E-state index contributed by atoms with van der Waals surface area (Å²) in [5.74, 6) is 0. The Labute approximate surface area is 63.1 Å². The minimum Gasteiger partial charge on any atom is -1.00 e.